The third-order valence-electron chi connectivity index (χ3n) is 3.91. The van der Waals surface area contributed by atoms with Crippen LogP contribution in [0.2, 0.25) is 0 Å². The third-order valence-corrected chi connectivity index (χ3v) is 4.95. The van der Waals surface area contributed by atoms with Crippen molar-refractivity contribution in [3.63, 3.8) is 0 Å². The molecule has 1 atom stereocenters. The van der Waals surface area contributed by atoms with Crippen LogP contribution in [0.1, 0.15) is 12.5 Å². The van der Waals surface area contributed by atoms with E-state index in [0.29, 0.717) is 13.0 Å². The van der Waals surface area contributed by atoms with Crippen LogP contribution < -0.4 is 9.64 Å². The number of aliphatic hydroxyl groups excluding tert-OH is 1. The van der Waals surface area contributed by atoms with Crippen LogP contribution in [-0.2, 0) is 6.42 Å². The Morgan fingerprint density at radius 1 is 1.17 bits per heavy atom. The molecule has 23 heavy (non-hydrogen) atoms. The van der Waals surface area contributed by atoms with E-state index >= 15 is 0 Å². The fourth-order valence-corrected chi connectivity index (χ4v) is 3.85. The summed E-state index contributed by atoms with van der Waals surface area (Å²) in [7, 11) is 0. The Kier molecular flexibility index (Phi) is 5.47. The molecule has 1 heterocycles. The summed E-state index contributed by atoms with van der Waals surface area (Å²) in [6, 6.07) is 16.6. The second-order valence-corrected chi connectivity index (χ2v) is 6.99. The van der Waals surface area contributed by atoms with E-state index in [4.69, 9.17) is 4.74 Å². The first kappa shape index (κ1) is 16.2. The highest BCUT2D eigenvalue weighted by Gasteiger charge is 2.16. The van der Waals surface area contributed by atoms with E-state index in [2.05, 4.69) is 29.2 Å². The highest BCUT2D eigenvalue weighted by atomic mass is 32.2. The number of para-hydroxylation sites is 1. The van der Waals surface area contributed by atoms with Gasteiger partial charge in [0.05, 0.1) is 18.3 Å². The highest BCUT2D eigenvalue weighted by Crippen LogP contribution is 2.33. The minimum atomic E-state index is -0.307. The molecule has 0 radical (unpaired) electrons. The maximum atomic E-state index is 9.40. The molecule has 122 valence electrons. The predicted molar refractivity (Wildman–Crippen MR) is 96.7 cm³/mol. The van der Waals surface area contributed by atoms with Crippen LogP contribution in [0.15, 0.2) is 53.4 Å². The smallest absolute Gasteiger partial charge is 0.119 e. The number of aliphatic hydroxyl groups is 1. The van der Waals surface area contributed by atoms with Crippen molar-refractivity contribution in [2.75, 3.05) is 30.3 Å². The normalized spacial score (nSPS) is 15.1. The monoisotopic (exact) mass is 329 g/mol. The largest absolute Gasteiger partial charge is 0.492 e. The first-order valence-corrected chi connectivity index (χ1v) is 9.07. The van der Waals surface area contributed by atoms with Crippen molar-refractivity contribution >= 4 is 17.4 Å². The Hall–Kier alpha value is -1.65. The fraction of sp³-hybridized carbons (Fsp3) is 0.368. The Balaban J connectivity index is 1.52. The number of thioether (sulfide) groups is 1. The lowest BCUT2D eigenvalue weighted by atomic mass is 10.1. The summed E-state index contributed by atoms with van der Waals surface area (Å²) in [6.07, 6.45) is 0.376. The zero-order valence-corrected chi connectivity index (χ0v) is 14.3. The average molecular weight is 329 g/mol. The van der Waals surface area contributed by atoms with Gasteiger partial charge in [0.2, 0.25) is 0 Å². The van der Waals surface area contributed by atoms with Crippen molar-refractivity contribution in [2.45, 2.75) is 24.3 Å². The number of hydrogen-bond acceptors (Lipinski definition) is 4. The molecule has 1 aliphatic rings. The molecule has 0 spiro atoms. The molecule has 0 amide bonds. The van der Waals surface area contributed by atoms with Gasteiger partial charge in [0, 0.05) is 17.2 Å². The van der Waals surface area contributed by atoms with Crippen molar-refractivity contribution in [1.82, 2.24) is 0 Å². The van der Waals surface area contributed by atoms with E-state index in [1.54, 1.807) is 6.92 Å². The number of nitrogens with zero attached hydrogens (tertiary/aromatic N) is 1. The van der Waals surface area contributed by atoms with Gasteiger partial charge < -0.3 is 14.7 Å². The number of rotatable bonds is 6. The van der Waals surface area contributed by atoms with Crippen LogP contribution >= 0.6 is 11.8 Å². The van der Waals surface area contributed by atoms with Crippen molar-refractivity contribution in [3.05, 3.63) is 54.1 Å². The van der Waals surface area contributed by atoms with E-state index in [1.165, 1.54) is 10.6 Å². The Bertz CT molecular complexity index is 628. The summed E-state index contributed by atoms with van der Waals surface area (Å²) in [4.78, 5) is 3.76. The van der Waals surface area contributed by atoms with Gasteiger partial charge in [0.25, 0.3) is 0 Å². The van der Waals surface area contributed by atoms with Gasteiger partial charge in [-0.25, -0.2) is 0 Å². The van der Waals surface area contributed by atoms with Crippen molar-refractivity contribution in [3.8, 4) is 5.75 Å². The molecule has 0 saturated carbocycles. The molecule has 1 N–H and O–H groups in total. The SMILES string of the molecule is CC(O)Cc1ccc(OCCN2CCSc3ccccc32)cc1. The van der Waals surface area contributed by atoms with Crippen molar-refractivity contribution in [2.24, 2.45) is 0 Å². The lowest BCUT2D eigenvalue weighted by molar-refractivity contribution is 0.195. The third kappa shape index (κ3) is 4.43. The summed E-state index contributed by atoms with van der Waals surface area (Å²) in [5, 5.41) is 9.40. The maximum Gasteiger partial charge on any atom is 0.119 e. The molecule has 2 aromatic carbocycles. The van der Waals surface area contributed by atoms with Crippen LogP contribution in [0, 0.1) is 0 Å². The Morgan fingerprint density at radius 2 is 1.96 bits per heavy atom. The lowest BCUT2D eigenvalue weighted by Gasteiger charge is -2.30. The molecule has 2 aromatic rings. The Labute approximate surface area is 142 Å². The topological polar surface area (TPSA) is 32.7 Å². The Morgan fingerprint density at radius 3 is 2.74 bits per heavy atom. The molecule has 3 rings (SSSR count). The number of benzene rings is 2. The molecule has 1 unspecified atom stereocenters. The molecular formula is C19H23NO2S. The predicted octanol–water partition coefficient (Wildman–Crippen LogP) is 3.60. The van der Waals surface area contributed by atoms with Crippen molar-refractivity contribution < 1.29 is 9.84 Å². The number of ether oxygens (including phenoxy) is 1. The lowest BCUT2D eigenvalue weighted by Crippen LogP contribution is -2.33. The van der Waals surface area contributed by atoms with Gasteiger partial charge in [-0.05, 0) is 43.2 Å². The first-order valence-electron chi connectivity index (χ1n) is 8.09. The van der Waals surface area contributed by atoms with E-state index in [0.717, 1.165) is 30.2 Å². The molecule has 1 aliphatic heterocycles. The van der Waals surface area contributed by atoms with Gasteiger partial charge in [-0.3, -0.25) is 0 Å². The minimum absolute atomic E-state index is 0.307. The van der Waals surface area contributed by atoms with Gasteiger partial charge in [0.1, 0.15) is 12.4 Å². The van der Waals surface area contributed by atoms with E-state index in [-0.39, 0.29) is 6.10 Å². The van der Waals surface area contributed by atoms with Gasteiger partial charge in [-0.2, -0.15) is 0 Å². The molecular weight excluding hydrogens is 306 g/mol. The fourth-order valence-electron chi connectivity index (χ4n) is 2.80. The van der Waals surface area contributed by atoms with Crippen LogP contribution in [0.25, 0.3) is 0 Å². The average Bonchev–Trinajstić information content (AvgIpc) is 2.56. The molecule has 0 aromatic heterocycles. The summed E-state index contributed by atoms with van der Waals surface area (Å²) in [5.74, 6) is 2.02. The van der Waals surface area contributed by atoms with E-state index in [9.17, 15) is 5.11 Å². The summed E-state index contributed by atoms with van der Waals surface area (Å²) < 4.78 is 5.87. The second kappa shape index (κ2) is 7.75. The standard InChI is InChI=1S/C19H23NO2S/c1-15(21)14-16-6-8-17(9-7-16)22-12-10-20-11-13-23-19-5-3-2-4-18(19)20/h2-9,15,21H,10-14H2,1H3. The zero-order chi connectivity index (χ0) is 16.1. The quantitative estimate of drug-likeness (QED) is 0.878. The molecule has 0 saturated heterocycles. The molecule has 4 heteroatoms. The molecule has 0 bridgehead atoms. The van der Waals surface area contributed by atoms with Crippen molar-refractivity contribution in [1.29, 1.82) is 0 Å². The first-order chi connectivity index (χ1) is 11.2. The number of hydrogen-bond donors (Lipinski definition) is 1. The van der Waals surface area contributed by atoms with Gasteiger partial charge >= 0.3 is 0 Å². The van der Waals surface area contributed by atoms with Crippen LogP contribution in [0.4, 0.5) is 5.69 Å². The zero-order valence-electron chi connectivity index (χ0n) is 13.4. The van der Waals surface area contributed by atoms with Gasteiger partial charge in [-0.1, -0.05) is 24.3 Å². The molecule has 0 fully saturated rings. The molecule has 0 aliphatic carbocycles. The number of fused-ring (bicyclic) bond motifs is 1. The summed E-state index contributed by atoms with van der Waals surface area (Å²) >= 11 is 1.93. The van der Waals surface area contributed by atoms with Gasteiger partial charge in [0.15, 0.2) is 0 Å². The number of anilines is 1. The van der Waals surface area contributed by atoms with Crippen LogP contribution in [-0.4, -0.2) is 36.7 Å². The maximum absolute atomic E-state index is 9.40. The second-order valence-electron chi connectivity index (χ2n) is 5.85. The van der Waals surface area contributed by atoms with Crippen LogP contribution in [0.5, 0.6) is 5.75 Å². The van der Waals surface area contributed by atoms with Crippen LogP contribution in [0.3, 0.4) is 0 Å². The molecule has 3 nitrogen and oxygen atoms in total. The van der Waals surface area contributed by atoms with E-state index < -0.39 is 0 Å². The summed E-state index contributed by atoms with van der Waals surface area (Å²) in [6.45, 7) is 4.44. The summed E-state index contributed by atoms with van der Waals surface area (Å²) in [5.41, 5.74) is 2.45. The van der Waals surface area contributed by atoms with Gasteiger partial charge in [-0.15, -0.1) is 11.8 Å². The highest BCUT2D eigenvalue weighted by molar-refractivity contribution is 7.99. The van der Waals surface area contributed by atoms with E-state index in [1.807, 2.05) is 36.0 Å². The minimum Gasteiger partial charge on any atom is -0.492 e.